The first-order valence-corrected chi connectivity index (χ1v) is 14.4. The maximum atomic E-state index is 14.7. The Morgan fingerprint density at radius 2 is 1.58 bits per heavy atom. The first kappa shape index (κ1) is 32.0. The van der Waals surface area contributed by atoms with Crippen molar-refractivity contribution in [1.82, 2.24) is 39.3 Å². The molecule has 252 valence electrons. The van der Waals surface area contributed by atoms with Gasteiger partial charge >= 0.3 is 12.4 Å². The number of aromatic nitrogens is 8. The molecule has 0 spiro atoms. The van der Waals surface area contributed by atoms with Gasteiger partial charge in [-0.15, -0.1) is 4.80 Å². The molecule has 0 aliphatic rings. The van der Waals surface area contributed by atoms with Crippen LogP contribution < -0.4 is 15.4 Å². The second-order valence-corrected chi connectivity index (χ2v) is 10.8. The van der Waals surface area contributed by atoms with Gasteiger partial charge in [0, 0.05) is 22.7 Å². The number of pyridine rings is 2. The maximum absolute atomic E-state index is 14.7. The van der Waals surface area contributed by atoms with Crippen molar-refractivity contribution in [3.8, 4) is 17.4 Å². The molecule has 0 saturated carbocycles. The SMILES string of the molecule is COc1ccc(Cn2c(=C=O)c3cccc4c(-n5ncc(C(=O)Nc6cnc(-n7nccn7)c(C(F)(F)F)c6)c5C(F)(F)F)ncc2c43)cc1. The zero-order chi connectivity index (χ0) is 35.4. The Morgan fingerprint density at radius 3 is 2.24 bits per heavy atom. The van der Waals surface area contributed by atoms with Crippen LogP contribution in [0.3, 0.4) is 0 Å². The van der Waals surface area contributed by atoms with E-state index in [9.17, 15) is 35.9 Å². The molecule has 7 aromatic rings. The number of benzene rings is 2. The van der Waals surface area contributed by atoms with E-state index in [4.69, 9.17) is 4.74 Å². The van der Waals surface area contributed by atoms with E-state index in [1.54, 1.807) is 34.9 Å². The smallest absolute Gasteiger partial charge is 0.434 e. The summed E-state index contributed by atoms with van der Waals surface area (Å²) in [7, 11) is 1.52. The molecule has 1 amide bonds. The summed E-state index contributed by atoms with van der Waals surface area (Å²) in [6.45, 7) is 0.198. The van der Waals surface area contributed by atoms with Gasteiger partial charge in [-0.05, 0) is 23.8 Å². The minimum Gasteiger partial charge on any atom is -0.497 e. The molecule has 7 rings (SSSR count). The summed E-state index contributed by atoms with van der Waals surface area (Å²) in [6.07, 6.45) is -5.17. The number of hydrogen-bond donors (Lipinski definition) is 1. The van der Waals surface area contributed by atoms with Gasteiger partial charge in [0.05, 0.1) is 54.9 Å². The first-order chi connectivity index (χ1) is 23.9. The topological polar surface area (TPSA) is 135 Å². The standard InChI is InChI=1S/C32H19F6N9O3/c1-50-19-7-5-17(6-8-19)15-45-24-14-40-28(21-4-2-3-20(26(21)24)25(45)16-48)46-27(32(36,37)38)22(13-43-46)30(49)44-18-11-23(31(33,34)35)29(39-12-18)47-41-9-10-42-47/h2-14H,15H2,1H3,(H,44,49). The van der Waals surface area contributed by atoms with E-state index in [0.717, 1.165) is 24.2 Å². The molecule has 2 aromatic carbocycles. The van der Waals surface area contributed by atoms with Crippen molar-refractivity contribution in [2.45, 2.75) is 18.9 Å². The summed E-state index contributed by atoms with van der Waals surface area (Å²) >= 11 is 0. The number of methoxy groups -OCH3 is 1. The fourth-order valence-corrected chi connectivity index (χ4v) is 5.66. The third kappa shape index (κ3) is 5.46. The van der Waals surface area contributed by atoms with Crippen LogP contribution in [0.5, 0.6) is 5.75 Å². The van der Waals surface area contributed by atoms with Gasteiger partial charge in [0.1, 0.15) is 16.7 Å². The van der Waals surface area contributed by atoms with Crippen LogP contribution in [0.4, 0.5) is 32.0 Å². The molecular formula is C32H19F6N9O3. The highest BCUT2D eigenvalue weighted by Crippen LogP contribution is 2.38. The third-order valence-electron chi connectivity index (χ3n) is 7.80. The molecule has 0 atom stereocenters. The molecule has 1 N–H and O–H groups in total. The molecule has 0 saturated heterocycles. The van der Waals surface area contributed by atoms with E-state index in [0.29, 0.717) is 43.8 Å². The van der Waals surface area contributed by atoms with Crippen molar-refractivity contribution in [3.63, 3.8) is 0 Å². The Morgan fingerprint density at radius 1 is 0.880 bits per heavy atom. The van der Waals surface area contributed by atoms with Crippen molar-refractivity contribution < 1.29 is 40.7 Å². The third-order valence-corrected chi connectivity index (χ3v) is 7.80. The molecule has 50 heavy (non-hydrogen) atoms. The van der Waals surface area contributed by atoms with Crippen LogP contribution in [-0.2, 0) is 23.7 Å². The molecule has 0 aliphatic heterocycles. The molecule has 0 radical (unpaired) electrons. The number of nitrogens with one attached hydrogen (secondary N) is 1. The number of nitrogens with zero attached hydrogens (tertiary/aromatic N) is 8. The molecule has 12 nitrogen and oxygen atoms in total. The predicted octanol–water partition coefficient (Wildman–Crippen LogP) is 4.92. The minimum absolute atomic E-state index is 0.137. The Balaban J connectivity index is 1.31. The average Bonchev–Trinajstić information content (AvgIpc) is 3.84. The molecular weight excluding hydrogens is 672 g/mol. The Labute approximate surface area is 275 Å². The van der Waals surface area contributed by atoms with Crippen molar-refractivity contribution >= 4 is 39.2 Å². The molecule has 0 fully saturated rings. The van der Waals surface area contributed by atoms with E-state index in [2.05, 4.69) is 25.3 Å². The van der Waals surface area contributed by atoms with Gasteiger partial charge in [0.25, 0.3) is 5.91 Å². The van der Waals surface area contributed by atoms with Crippen molar-refractivity contribution in [1.29, 1.82) is 0 Å². The van der Waals surface area contributed by atoms with Crippen LogP contribution in [0.1, 0.15) is 27.2 Å². The van der Waals surface area contributed by atoms with Gasteiger partial charge in [-0.1, -0.05) is 30.3 Å². The number of alkyl halides is 6. The summed E-state index contributed by atoms with van der Waals surface area (Å²) < 4.78 is 92.9. The largest absolute Gasteiger partial charge is 0.497 e. The molecule has 5 heterocycles. The summed E-state index contributed by atoms with van der Waals surface area (Å²) in [6, 6.07) is 12.2. The Hall–Kier alpha value is -6.55. The van der Waals surface area contributed by atoms with Crippen molar-refractivity contribution in [2.75, 3.05) is 12.4 Å². The van der Waals surface area contributed by atoms with Gasteiger partial charge in [0.15, 0.2) is 23.3 Å². The predicted molar refractivity (Wildman–Crippen MR) is 164 cm³/mol. The lowest BCUT2D eigenvalue weighted by Gasteiger charge is -2.15. The highest BCUT2D eigenvalue weighted by molar-refractivity contribution is 6.12. The first-order valence-electron chi connectivity index (χ1n) is 14.4. The van der Waals surface area contributed by atoms with Gasteiger partial charge in [-0.25, -0.2) is 19.4 Å². The average molecular weight is 692 g/mol. The summed E-state index contributed by atoms with van der Waals surface area (Å²) in [5, 5.41) is 14.3. The van der Waals surface area contributed by atoms with Crippen LogP contribution in [0.2, 0.25) is 0 Å². The second kappa shape index (κ2) is 11.9. The van der Waals surface area contributed by atoms with E-state index in [1.165, 1.54) is 25.4 Å². The number of carbonyl (C=O) groups excluding carboxylic acids is 2. The number of carbonyl (C=O) groups is 1. The fraction of sp³-hybridized carbons (Fsp3) is 0.125. The van der Waals surface area contributed by atoms with Crippen LogP contribution >= 0.6 is 0 Å². The number of anilines is 1. The zero-order valence-corrected chi connectivity index (χ0v) is 25.3. The lowest BCUT2D eigenvalue weighted by atomic mass is 10.1. The molecule has 18 heteroatoms. The summed E-state index contributed by atoms with van der Waals surface area (Å²) in [5.74, 6) is 0.110. The number of ether oxygens (including phenoxy) is 1. The van der Waals surface area contributed by atoms with E-state index >= 15 is 0 Å². The summed E-state index contributed by atoms with van der Waals surface area (Å²) in [4.78, 5) is 34.0. The Bertz CT molecular complexity index is 2480. The molecule has 5 aromatic heterocycles. The Kier molecular flexibility index (Phi) is 7.59. The van der Waals surface area contributed by atoms with E-state index in [-0.39, 0.29) is 23.1 Å². The minimum atomic E-state index is -5.19. The maximum Gasteiger partial charge on any atom is 0.434 e. The van der Waals surface area contributed by atoms with E-state index in [1.807, 2.05) is 11.3 Å². The number of halogens is 6. The molecule has 0 aliphatic carbocycles. The van der Waals surface area contributed by atoms with Gasteiger partial charge in [0.2, 0.25) is 0 Å². The van der Waals surface area contributed by atoms with Crippen LogP contribution in [0.25, 0.3) is 33.3 Å². The molecule has 0 unspecified atom stereocenters. The van der Waals surface area contributed by atoms with Gasteiger partial charge in [-0.2, -0.15) is 41.6 Å². The van der Waals surface area contributed by atoms with Crippen LogP contribution in [0, 0.1) is 0 Å². The van der Waals surface area contributed by atoms with Crippen LogP contribution in [-0.4, -0.2) is 58.3 Å². The molecule has 0 bridgehead atoms. The quantitative estimate of drug-likeness (QED) is 0.233. The lowest BCUT2D eigenvalue weighted by Crippen LogP contribution is -2.22. The monoisotopic (exact) mass is 691 g/mol. The number of amides is 1. The van der Waals surface area contributed by atoms with Crippen molar-refractivity contribution in [3.05, 3.63) is 107 Å². The number of hydrogen-bond acceptors (Lipinski definition) is 8. The summed E-state index contributed by atoms with van der Waals surface area (Å²) in [5.41, 5.74) is -3.22. The fourth-order valence-electron chi connectivity index (χ4n) is 5.66. The van der Waals surface area contributed by atoms with Gasteiger partial charge in [-0.3, -0.25) is 4.79 Å². The highest BCUT2D eigenvalue weighted by Gasteiger charge is 2.42. The second-order valence-electron chi connectivity index (χ2n) is 10.8. The normalized spacial score (nSPS) is 12.1. The van der Waals surface area contributed by atoms with E-state index < -0.39 is 46.6 Å². The van der Waals surface area contributed by atoms with Crippen LogP contribution in [0.15, 0.2) is 79.5 Å². The van der Waals surface area contributed by atoms with Crippen molar-refractivity contribution in [2.24, 2.45) is 0 Å². The number of rotatable bonds is 7. The lowest BCUT2D eigenvalue weighted by molar-refractivity contribution is -0.143. The highest BCUT2D eigenvalue weighted by atomic mass is 19.4. The van der Waals surface area contributed by atoms with Gasteiger partial charge < -0.3 is 14.6 Å². The zero-order valence-electron chi connectivity index (χ0n) is 25.3.